The Morgan fingerprint density at radius 1 is 0.930 bits per heavy atom. The molecule has 57 heavy (non-hydrogen) atoms. The van der Waals surface area contributed by atoms with Gasteiger partial charge in [-0.05, 0) is 110 Å². The Morgan fingerprint density at radius 3 is 2.51 bits per heavy atom. The number of nitrogens with one attached hydrogen (secondary N) is 3. The van der Waals surface area contributed by atoms with E-state index in [0.29, 0.717) is 47.6 Å². The van der Waals surface area contributed by atoms with Gasteiger partial charge in [-0.15, -0.1) is 0 Å². The number of carbonyl (C=O) groups is 2. The minimum atomic E-state index is -0.885. The Kier molecular flexibility index (Phi) is 12.8. The van der Waals surface area contributed by atoms with Crippen molar-refractivity contribution in [1.29, 1.82) is 0 Å². The number of hydrogen-bond donors (Lipinski definition) is 5. The number of aromatic hydroxyl groups is 1. The number of fused-ring (bicyclic) bond motifs is 4. The molecule has 0 saturated carbocycles. The highest BCUT2D eigenvalue weighted by Crippen LogP contribution is 2.31. The molecular weight excluding hydrogens is 732 g/mol. The average Bonchev–Trinajstić information content (AvgIpc) is 3.22. The highest BCUT2D eigenvalue weighted by molar-refractivity contribution is 5.89. The van der Waals surface area contributed by atoms with E-state index >= 15 is 4.39 Å². The number of esters is 1. The van der Waals surface area contributed by atoms with Gasteiger partial charge in [-0.3, -0.25) is 9.69 Å². The van der Waals surface area contributed by atoms with Gasteiger partial charge in [0.05, 0.1) is 29.8 Å². The van der Waals surface area contributed by atoms with Gasteiger partial charge in [0.25, 0.3) is 0 Å². The molecule has 4 heterocycles. The summed E-state index contributed by atoms with van der Waals surface area (Å²) in [5.41, 5.74) is 2.51. The first kappa shape index (κ1) is 39.5. The van der Waals surface area contributed by atoms with E-state index < -0.39 is 30.0 Å². The number of amides is 1. The number of piperidine rings is 3. The second-order valence-corrected chi connectivity index (χ2v) is 14.6. The second kappa shape index (κ2) is 18.5. The number of pyridine rings is 1. The molecule has 3 aliphatic heterocycles. The van der Waals surface area contributed by atoms with E-state index in [-0.39, 0.29) is 48.3 Å². The lowest BCUT2D eigenvalue weighted by Gasteiger charge is -2.43. The minimum absolute atomic E-state index is 0.0466. The molecule has 3 aliphatic rings. The molecule has 1 amide bonds. The van der Waals surface area contributed by atoms with Gasteiger partial charge >= 0.3 is 12.1 Å². The smallest absolute Gasteiger partial charge is 0.408 e. The van der Waals surface area contributed by atoms with Gasteiger partial charge < -0.3 is 40.0 Å². The molecule has 5 N–H and O–H groups in total. The number of aliphatic hydroxyl groups excluding tert-OH is 1. The number of aromatic nitrogens is 1. The molecule has 0 aliphatic carbocycles. The third kappa shape index (κ3) is 9.98. The summed E-state index contributed by atoms with van der Waals surface area (Å²) in [6, 6.07) is 26.7. The van der Waals surface area contributed by atoms with Gasteiger partial charge in [0, 0.05) is 24.5 Å². The topological polar surface area (TPSA) is 162 Å². The number of phenols is 1. The lowest BCUT2D eigenvalue weighted by molar-refractivity contribution is -0.0336. The summed E-state index contributed by atoms with van der Waals surface area (Å²) in [5, 5.41) is 27.5. The number of hydrogen-bond acceptors (Lipinski definition) is 10. The van der Waals surface area contributed by atoms with Crippen LogP contribution in [0.5, 0.6) is 11.5 Å². The number of alkyl carbamates (subject to hydrolysis) is 1. The van der Waals surface area contributed by atoms with Gasteiger partial charge in [0.15, 0.2) is 0 Å². The van der Waals surface area contributed by atoms with Gasteiger partial charge in [-0.2, -0.15) is 0 Å². The fraction of sp³-hybridized carbons (Fsp3) is 0.341. The predicted molar refractivity (Wildman–Crippen MR) is 212 cm³/mol. The van der Waals surface area contributed by atoms with Crippen LogP contribution in [0.1, 0.15) is 70.4 Å². The first-order valence-electron chi connectivity index (χ1n) is 19.4. The molecule has 12 nitrogen and oxygen atoms in total. The first-order valence-corrected chi connectivity index (χ1v) is 19.4. The Morgan fingerprint density at radius 2 is 1.74 bits per heavy atom. The van der Waals surface area contributed by atoms with Crippen molar-refractivity contribution in [2.45, 2.75) is 50.5 Å². The number of H-pyrrole nitrogens is 1. The van der Waals surface area contributed by atoms with E-state index in [1.807, 2.05) is 48.5 Å². The number of aliphatic hydroxyl groups is 1. The van der Waals surface area contributed by atoms with Crippen molar-refractivity contribution in [3.05, 3.63) is 141 Å². The van der Waals surface area contributed by atoms with E-state index in [1.165, 1.54) is 24.3 Å². The zero-order chi connectivity index (χ0) is 39.7. The van der Waals surface area contributed by atoms with Crippen molar-refractivity contribution < 1.29 is 38.4 Å². The minimum Gasteiger partial charge on any atom is -0.506 e. The van der Waals surface area contributed by atoms with Crippen molar-refractivity contribution in [2.75, 3.05) is 39.3 Å². The molecule has 0 spiro atoms. The van der Waals surface area contributed by atoms with Crippen LogP contribution in [-0.4, -0.2) is 77.6 Å². The number of unbranched alkanes of at least 4 members (excludes halogenated alkanes) is 1. The number of phenolic OH excluding ortho intramolecular Hbond substituents is 1. The number of ether oxygens (including phenoxy) is 3. The normalized spacial score (nSPS) is 18.5. The fourth-order valence-electron chi connectivity index (χ4n) is 7.60. The number of aromatic amines is 1. The molecule has 3 atom stereocenters. The summed E-state index contributed by atoms with van der Waals surface area (Å²) in [7, 11) is 0. The molecule has 0 radical (unpaired) electrons. The van der Waals surface area contributed by atoms with E-state index in [1.54, 1.807) is 24.3 Å². The van der Waals surface area contributed by atoms with E-state index in [2.05, 4.69) is 20.5 Å². The average molecular weight is 779 g/mol. The predicted octanol–water partition coefficient (Wildman–Crippen LogP) is 6.12. The van der Waals surface area contributed by atoms with Crippen LogP contribution >= 0.6 is 0 Å². The Hall–Kier alpha value is -5.76. The number of rotatable bonds is 16. The molecule has 4 aromatic carbocycles. The van der Waals surface area contributed by atoms with Gasteiger partial charge in [-0.25, -0.2) is 14.0 Å². The third-order valence-electron chi connectivity index (χ3n) is 10.7. The summed E-state index contributed by atoms with van der Waals surface area (Å²) in [4.78, 5) is 42.4. The number of benzene rings is 4. The monoisotopic (exact) mass is 778 g/mol. The lowest BCUT2D eigenvalue weighted by atomic mass is 9.86. The molecule has 298 valence electrons. The summed E-state index contributed by atoms with van der Waals surface area (Å²) in [6.07, 6.45) is 1.77. The van der Waals surface area contributed by atoms with Gasteiger partial charge in [0.2, 0.25) is 5.56 Å². The van der Waals surface area contributed by atoms with Crippen LogP contribution in [0.2, 0.25) is 0 Å². The molecule has 8 rings (SSSR count). The highest BCUT2D eigenvalue weighted by Gasteiger charge is 2.37. The first-order chi connectivity index (χ1) is 27.7. The fourth-order valence-corrected chi connectivity index (χ4v) is 7.60. The summed E-state index contributed by atoms with van der Waals surface area (Å²) < 4.78 is 32.4. The molecule has 1 aromatic heterocycles. The maximum Gasteiger partial charge on any atom is 0.408 e. The van der Waals surface area contributed by atoms with Crippen LogP contribution in [0.25, 0.3) is 10.9 Å². The second-order valence-electron chi connectivity index (χ2n) is 14.6. The summed E-state index contributed by atoms with van der Waals surface area (Å²) >= 11 is 0. The summed E-state index contributed by atoms with van der Waals surface area (Å²) in [5.74, 6) is -0.639. The van der Waals surface area contributed by atoms with Crippen LogP contribution in [0.3, 0.4) is 0 Å². The largest absolute Gasteiger partial charge is 0.506 e. The molecule has 3 fully saturated rings. The third-order valence-corrected chi connectivity index (χ3v) is 10.7. The summed E-state index contributed by atoms with van der Waals surface area (Å²) in [6.45, 7) is 3.78. The van der Waals surface area contributed by atoms with Crippen molar-refractivity contribution in [2.24, 2.45) is 5.92 Å². The quantitative estimate of drug-likeness (QED) is 0.0583. The maximum absolute atomic E-state index is 15.1. The van der Waals surface area contributed by atoms with E-state index in [0.717, 1.165) is 43.6 Å². The number of nitrogens with zero attached hydrogens (tertiary/aromatic N) is 1. The van der Waals surface area contributed by atoms with Crippen LogP contribution in [0, 0.1) is 11.7 Å². The van der Waals surface area contributed by atoms with Crippen LogP contribution in [0.4, 0.5) is 9.18 Å². The highest BCUT2D eigenvalue weighted by atomic mass is 19.1. The van der Waals surface area contributed by atoms with E-state index in [9.17, 15) is 24.6 Å². The molecule has 2 bridgehead atoms. The van der Waals surface area contributed by atoms with Crippen molar-refractivity contribution in [1.82, 2.24) is 20.5 Å². The van der Waals surface area contributed by atoms with Crippen LogP contribution in [0.15, 0.2) is 102 Å². The SMILES string of the molecule is O=C(NC(c1ccccc1)c1cccc(OCc2ccc(C(=O)OCCCCNC[C@@H](O)c3ccc(O)c4[nH]c(=O)ccc34)c(F)c2)c1)O[C@H]1CN2CCC1CC2. The standard InChI is InChI=1S/C44H47FN4O8/c45-36-23-28(11-12-35(36)43(53)55-22-5-4-19-46-25-38(51)33-13-15-37(50)42-34(33)14-16-40(52)47-42)27-56-32-10-6-9-31(24-32)41(30-7-2-1-3-8-30)48-44(54)57-39-26-49-20-17-29(39)18-21-49/h1-3,6-16,23-24,29,38-39,41,46,50-51H,4-5,17-22,25-27H2,(H,47,52)(H,48,54)/t38-,39+,41?/m1/s1. The van der Waals surface area contributed by atoms with E-state index in [4.69, 9.17) is 14.2 Å². The van der Waals surface area contributed by atoms with Gasteiger partial charge in [0.1, 0.15) is 30.0 Å². The zero-order valence-electron chi connectivity index (χ0n) is 31.5. The Balaban J connectivity index is 0.862. The number of carbonyl (C=O) groups excluding carboxylic acids is 2. The molecule has 1 unspecified atom stereocenters. The molecule has 5 aromatic rings. The Bertz CT molecular complexity index is 2230. The number of halogens is 1. The lowest BCUT2D eigenvalue weighted by Crippen LogP contribution is -2.52. The zero-order valence-corrected chi connectivity index (χ0v) is 31.5. The Labute approximate surface area is 329 Å². The van der Waals surface area contributed by atoms with Gasteiger partial charge in [-0.1, -0.05) is 54.6 Å². The van der Waals surface area contributed by atoms with Crippen LogP contribution in [-0.2, 0) is 16.1 Å². The molecular formula is C44H47FN4O8. The van der Waals surface area contributed by atoms with Crippen LogP contribution < -0.4 is 20.9 Å². The van der Waals surface area contributed by atoms with Crippen molar-refractivity contribution in [3.8, 4) is 11.5 Å². The van der Waals surface area contributed by atoms with Crippen molar-refractivity contribution >= 4 is 23.0 Å². The van der Waals surface area contributed by atoms with Crippen molar-refractivity contribution in [3.63, 3.8) is 0 Å². The molecule has 13 heteroatoms. The molecule has 3 saturated heterocycles. The maximum atomic E-state index is 15.1.